The minimum atomic E-state index is -0.790. The van der Waals surface area contributed by atoms with E-state index < -0.39 is 11.2 Å². The van der Waals surface area contributed by atoms with Crippen LogP contribution in [0.3, 0.4) is 0 Å². The van der Waals surface area contributed by atoms with Gasteiger partial charge in [0.2, 0.25) is 5.60 Å². The summed E-state index contributed by atoms with van der Waals surface area (Å²) < 4.78 is 12.3. The third-order valence-corrected chi connectivity index (χ3v) is 3.56. The quantitative estimate of drug-likeness (QED) is 0.787. The summed E-state index contributed by atoms with van der Waals surface area (Å²) in [6.45, 7) is 7.56. The third-order valence-electron chi connectivity index (χ3n) is 2.94. The molecule has 1 aliphatic rings. The Labute approximate surface area is 122 Å². The van der Waals surface area contributed by atoms with Crippen LogP contribution in [0, 0.1) is 6.92 Å². The minimum Gasteiger partial charge on any atom is -0.474 e. The molecule has 19 heavy (non-hydrogen) atoms. The zero-order chi connectivity index (χ0) is 14.3. The molecule has 0 aliphatic heterocycles. The zero-order valence-electron chi connectivity index (χ0n) is 11.7. The van der Waals surface area contributed by atoms with Gasteiger partial charge in [-0.05, 0) is 55.3 Å². The average Bonchev–Trinajstić information content (AvgIpc) is 3.02. The molecule has 1 aromatic rings. The summed E-state index contributed by atoms with van der Waals surface area (Å²) in [6.07, 6.45) is 1.42. The van der Waals surface area contributed by atoms with Crippen molar-refractivity contribution in [2.24, 2.45) is 0 Å². The molecule has 0 N–H and O–H groups in total. The number of ether oxygens (including phenoxy) is 2. The molecule has 0 radical (unpaired) electrons. The van der Waals surface area contributed by atoms with Crippen LogP contribution in [0.4, 0.5) is 0 Å². The summed E-state index contributed by atoms with van der Waals surface area (Å²) in [7, 11) is 0. The fraction of sp³-hybridized carbons (Fsp3) is 0.533. The Hall–Kier alpha value is -1.03. The van der Waals surface area contributed by atoms with E-state index in [9.17, 15) is 4.79 Å². The van der Waals surface area contributed by atoms with E-state index in [-0.39, 0.29) is 5.97 Å². The largest absolute Gasteiger partial charge is 0.474 e. The lowest BCUT2D eigenvalue weighted by atomic mass is 10.2. The van der Waals surface area contributed by atoms with Gasteiger partial charge in [0.25, 0.3) is 0 Å². The van der Waals surface area contributed by atoms with E-state index in [1.54, 1.807) is 0 Å². The number of esters is 1. The van der Waals surface area contributed by atoms with Gasteiger partial charge in [0.1, 0.15) is 11.4 Å². The maximum absolute atomic E-state index is 12.2. The van der Waals surface area contributed by atoms with Crippen molar-refractivity contribution in [3.63, 3.8) is 0 Å². The predicted molar refractivity (Wildman–Crippen MR) is 77.3 cm³/mol. The lowest BCUT2D eigenvalue weighted by Gasteiger charge is -2.25. The number of hydrogen-bond donors (Lipinski definition) is 0. The molecular weight excluding hydrogens is 308 g/mol. The van der Waals surface area contributed by atoms with Crippen LogP contribution in [0.15, 0.2) is 22.7 Å². The first-order valence-electron chi connectivity index (χ1n) is 6.41. The van der Waals surface area contributed by atoms with Crippen molar-refractivity contribution < 1.29 is 14.3 Å². The van der Waals surface area contributed by atoms with Crippen LogP contribution in [0.25, 0.3) is 0 Å². The Morgan fingerprint density at radius 1 is 1.32 bits per heavy atom. The first kappa shape index (κ1) is 14.4. The van der Waals surface area contributed by atoms with E-state index >= 15 is 0 Å². The fourth-order valence-electron chi connectivity index (χ4n) is 1.77. The second kappa shape index (κ2) is 4.82. The number of halogens is 1. The van der Waals surface area contributed by atoms with Gasteiger partial charge in [0.15, 0.2) is 0 Å². The van der Waals surface area contributed by atoms with E-state index in [2.05, 4.69) is 15.9 Å². The number of benzene rings is 1. The molecule has 2 rings (SSSR count). The van der Waals surface area contributed by atoms with Gasteiger partial charge < -0.3 is 9.47 Å². The van der Waals surface area contributed by atoms with Gasteiger partial charge in [-0.3, -0.25) is 0 Å². The summed E-state index contributed by atoms with van der Waals surface area (Å²) in [6, 6.07) is 5.82. The van der Waals surface area contributed by atoms with Crippen molar-refractivity contribution in [2.75, 3.05) is 0 Å². The van der Waals surface area contributed by atoms with Crippen LogP contribution in [0.2, 0.25) is 0 Å². The maximum atomic E-state index is 12.2. The van der Waals surface area contributed by atoms with Crippen molar-refractivity contribution in [2.45, 2.75) is 51.7 Å². The lowest BCUT2D eigenvalue weighted by molar-refractivity contribution is -0.165. The smallest absolute Gasteiger partial charge is 0.351 e. The predicted octanol–water partition coefficient (Wildman–Crippen LogP) is 4.01. The number of hydrogen-bond acceptors (Lipinski definition) is 3. The van der Waals surface area contributed by atoms with E-state index in [0.717, 1.165) is 15.8 Å². The highest BCUT2D eigenvalue weighted by molar-refractivity contribution is 9.10. The molecule has 0 bridgehead atoms. The second-order valence-corrected chi connectivity index (χ2v) is 6.84. The fourth-order valence-corrected chi connectivity index (χ4v) is 2.32. The molecule has 1 saturated carbocycles. The standard InChI is InChI=1S/C15H19BrO3/c1-10-6-5-7-11(16)12(10)18-15(8-9-15)13(17)19-14(2,3)4/h5-7H,8-9H2,1-4H3. The lowest BCUT2D eigenvalue weighted by Crippen LogP contribution is -2.37. The Balaban J connectivity index is 2.17. The molecular formula is C15H19BrO3. The average molecular weight is 327 g/mol. The van der Waals surface area contributed by atoms with Gasteiger partial charge in [-0.1, -0.05) is 12.1 Å². The molecule has 0 amide bonds. The first-order chi connectivity index (χ1) is 8.73. The van der Waals surface area contributed by atoms with Crippen molar-refractivity contribution in [3.8, 4) is 5.75 Å². The molecule has 1 aliphatic carbocycles. The van der Waals surface area contributed by atoms with Crippen molar-refractivity contribution in [1.82, 2.24) is 0 Å². The number of carbonyl (C=O) groups is 1. The van der Waals surface area contributed by atoms with E-state index in [0.29, 0.717) is 12.8 Å². The second-order valence-electron chi connectivity index (χ2n) is 5.98. The highest BCUT2D eigenvalue weighted by Crippen LogP contribution is 2.44. The zero-order valence-corrected chi connectivity index (χ0v) is 13.3. The van der Waals surface area contributed by atoms with Crippen LogP contribution in [-0.2, 0) is 9.53 Å². The number of rotatable bonds is 3. The molecule has 0 unspecified atom stereocenters. The van der Waals surface area contributed by atoms with E-state index in [1.165, 1.54) is 0 Å². The molecule has 0 heterocycles. The van der Waals surface area contributed by atoms with Crippen LogP contribution in [-0.4, -0.2) is 17.2 Å². The highest BCUT2D eigenvalue weighted by Gasteiger charge is 2.55. The Bertz CT molecular complexity index is 478. The van der Waals surface area contributed by atoms with Gasteiger partial charge in [-0.25, -0.2) is 4.79 Å². The molecule has 1 fully saturated rings. The number of carbonyl (C=O) groups excluding carboxylic acids is 1. The third kappa shape index (κ3) is 3.30. The van der Waals surface area contributed by atoms with Crippen LogP contribution >= 0.6 is 15.9 Å². The van der Waals surface area contributed by atoms with Crippen LogP contribution in [0.1, 0.15) is 39.2 Å². The van der Waals surface area contributed by atoms with E-state index in [4.69, 9.17) is 9.47 Å². The molecule has 3 nitrogen and oxygen atoms in total. The van der Waals surface area contributed by atoms with Crippen molar-refractivity contribution in [1.29, 1.82) is 0 Å². The normalized spacial score (nSPS) is 16.9. The van der Waals surface area contributed by atoms with E-state index in [1.807, 2.05) is 45.9 Å². The molecule has 4 heteroatoms. The Morgan fingerprint density at radius 2 is 1.95 bits per heavy atom. The van der Waals surface area contributed by atoms with Gasteiger partial charge in [-0.15, -0.1) is 0 Å². The molecule has 0 atom stereocenters. The summed E-state index contributed by atoms with van der Waals surface area (Å²) in [4.78, 5) is 12.2. The summed E-state index contributed by atoms with van der Waals surface area (Å²) in [5.74, 6) is 0.459. The molecule has 0 spiro atoms. The van der Waals surface area contributed by atoms with Gasteiger partial charge in [-0.2, -0.15) is 0 Å². The Morgan fingerprint density at radius 3 is 2.42 bits per heavy atom. The van der Waals surface area contributed by atoms with Crippen LogP contribution < -0.4 is 4.74 Å². The van der Waals surface area contributed by atoms with Gasteiger partial charge >= 0.3 is 5.97 Å². The summed E-state index contributed by atoms with van der Waals surface area (Å²) in [5, 5.41) is 0. The maximum Gasteiger partial charge on any atom is 0.351 e. The molecule has 0 aromatic heterocycles. The highest BCUT2D eigenvalue weighted by atomic mass is 79.9. The van der Waals surface area contributed by atoms with Crippen molar-refractivity contribution in [3.05, 3.63) is 28.2 Å². The molecule has 0 saturated heterocycles. The van der Waals surface area contributed by atoms with Gasteiger partial charge in [0.05, 0.1) is 4.47 Å². The Kier molecular flexibility index (Phi) is 3.65. The topological polar surface area (TPSA) is 35.5 Å². The SMILES string of the molecule is Cc1cccc(Br)c1OC1(C(=O)OC(C)(C)C)CC1. The minimum absolute atomic E-state index is 0.268. The monoisotopic (exact) mass is 326 g/mol. The molecule has 1 aromatic carbocycles. The summed E-state index contributed by atoms with van der Waals surface area (Å²) in [5.41, 5.74) is -0.273. The molecule has 104 valence electrons. The first-order valence-corrected chi connectivity index (χ1v) is 7.20. The summed E-state index contributed by atoms with van der Waals surface area (Å²) >= 11 is 3.46. The number of aryl methyl sites for hydroxylation is 1. The van der Waals surface area contributed by atoms with Crippen molar-refractivity contribution >= 4 is 21.9 Å². The van der Waals surface area contributed by atoms with Gasteiger partial charge in [0, 0.05) is 12.8 Å². The number of para-hydroxylation sites is 1. The van der Waals surface area contributed by atoms with Crippen LogP contribution in [0.5, 0.6) is 5.75 Å².